The van der Waals surface area contributed by atoms with E-state index in [-0.39, 0.29) is 11.2 Å². The molecule has 0 aliphatic heterocycles. The number of pyridine rings is 2. The zero-order valence-corrected chi connectivity index (χ0v) is 25.3. The fourth-order valence-corrected chi connectivity index (χ4v) is 4.81. The summed E-state index contributed by atoms with van der Waals surface area (Å²) in [7, 11) is 3.92. The van der Waals surface area contributed by atoms with Crippen molar-refractivity contribution in [2.75, 3.05) is 32.6 Å². The van der Waals surface area contributed by atoms with E-state index >= 15 is 0 Å². The number of nitrogens with zero attached hydrogens (tertiary/aromatic N) is 5. The van der Waals surface area contributed by atoms with Gasteiger partial charge in [-0.1, -0.05) is 32.9 Å². The highest BCUT2D eigenvalue weighted by atomic mass is 19.1. The average Bonchev–Trinajstić information content (AvgIpc) is 3.60. The predicted molar refractivity (Wildman–Crippen MR) is 171 cm³/mol. The number of imidazole rings is 1. The third-order valence-electron chi connectivity index (χ3n) is 7.33. The van der Waals surface area contributed by atoms with Gasteiger partial charge in [0.1, 0.15) is 30.1 Å². The lowest BCUT2D eigenvalue weighted by Crippen LogP contribution is -2.33. The van der Waals surface area contributed by atoms with Gasteiger partial charge in [0, 0.05) is 40.7 Å². The van der Waals surface area contributed by atoms with E-state index in [0.29, 0.717) is 46.3 Å². The second kappa shape index (κ2) is 11.7. The van der Waals surface area contributed by atoms with Gasteiger partial charge in [0.15, 0.2) is 5.82 Å². The first-order valence-electron chi connectivity index (χ1n) is 14.4. The number of benzene rings is 2. The van der Waals surface area contributed by atoms with Crippen LogP contribution in [-0.2, 0) is 0 Å². The number of aliphatic hydroxyl groups excluding tert-OH is 1. The first-order valence-corrected chi connectivity index (χ1v) is 14.4. The van der Waals surface area contributed by atoms with Crippen molar-refractivity contribution in [1.29, 1.82) is 0 Å². The summed E-state index contributed by atoms with van der Waals surface area (Å²) in [6.07, 6.45) is 4.38. The molecule has 4 heterocycles. The van der Waals surface area contributed by atoms with Gasteiger partial charge in [0.2, 0.25) is 0 Å². The number of fused-ring (bicyclic) bond motifs is 2. The largest absolute Gasteiger partial charge is 0.492 e. The molecular formula is C33H35FN8O2. The Balaban J connectivity index is 1.35. The van der Waals surface area contributed by atoms with Crippen LogP contribution >= 0.6 is 0 Å². The van der Waals surface area contributed by atoms with Gasteiger partial charge in [-0.05, 0) is 50.0 Å². The Kier molecular flexibility index (Phi) is 7.74. The van der Waals surface area contributed by atoms with E-state index in [0.717, 1.165) is 34.1 Å². The number of aromatic amines is 2. The molecule has 0 radical (unpaired) electrons. The molecule has 0 spiro atoms. The molecule has 6 aromatic rings. The lowest BCUT2D eigenvalue weighted by atomic mass is 9.94. The molecular weight excluding hydrogens is 559 g/mol. The number of hydrogen-bond acceptors (Lipinski definition) is 8. The van der Waals surface area contributed by atoms with E-state index < -0.39 is 6.23 Å². The lowest BCUT2D eigenvalue weighted by Gasteiger charge is -2.27. The second-order valence-corrected chi connectivity index (χ2v) is 12.2. The molecule has 0 saturated heterocycles. The van der Waals surface area contributed by atoms with Crippen LogP contribution in [0.4, 0.5) is 10.1 Å². The molecule has 6 rings (SSSR count). The van der Waals surface area contributed by atoms with E-state index in [1.165, 1.54) is 12.1 Å². The zero-order chi connectivity index (χ0) is 31.0. The first-order chi connectivity index (χ1) is 21.0. The normalized spacial score (nSPS) is 12.7. The van der Waals surface area contributed by atoms with Crippen LogP contribution in [0.5, 0.6) is 5.75 Å². The Bertz CT molecular complexity index is 1940. The number of para-hydroxylation sites is 1. The molecule has 44 heavy (non-hydrogen) atoms. The van der Waals surface area contributed by atoms with Crippen LogP contribution in [-0.4, -0.2) is 73.6 Å². The number of rotatable bonds is 9. The number of ether oxygens (including phenoxy) is 1. The number of nitrogens with one attached hydrogen (secondary N) is 3. The van der Waals surface area contributed by atoms with Crippen LogP contribution in [0.3, 0.4) is 0 Å². The predicted octanol–water partition coefficient (Wildman–Crippen LogP) is 6.09. The smallest absolute Gasteiger partial charge is 0.159 e. The van der Waals surface area contributed by atoms with Crippen molar-refractivity contribution in [1.82, 2.24) is 35.0 Å². The molecule has 1 atom stereocenters. The third kappa shape index (κ3) is 6.10. The van der Waals surface area contributed by atoms with Crippen molar-refractivity contribution in [3.05, 3.63) is 72.9 Å². The summed E-state index contributed by atoms with van der Waals surface area (Å²) in [6, 6.07) is 14.3. The Morgan fingerprint density at radius 1 is 1.02 bits per heavy atom. The summed E-state index contributed by atoms with van der Waals surface area (Å²) >= 11 is 0. The summed E-state index contributed by atoms with van der Waals surface area (Å²) in [5.74, 6) is 0.654. The van der Waals surface area contributed by atoms with Crippen molar-refractivity contribution in [2.45, 2.75) is 27.0 Å². The maximum absolute atomic E-state index is 14.7. The number of hydrogen-bond donors (Lipinski definition) is 4. The molecule has 11 heteroatoms. The molecule has 0 aliphatic carbocycles. The Labute approximate surface area is 254 Å². The molecule has 0 amide bonds. The van der Waals surface area contributed by atoms with Gasteiger partial charge >= 0.3 is 0 Å². The summed E-state index contributed by atoms with van der Waals surface area (Å²) in [5, 5.41) is 22.0. The molecule has 0 saturated carbocycles. The summed E-state index contributed by atoms with van der Waals surface area (Å²) in [4.78, 5) is 19.3. The third-order valence-corrected chi connectivity index (χ3v) is 7.33. The number of likely N-dealkylation sites (N-methyl/N-ethyl adjacent to an activating group) is 1. The standard InChI is InChI=1S/C33H35FN8O2/c1-33(2,3)32(43)37-22-12-20(16-35-17-22)27-15-25-28(18-36-27)40-41-30(25)31-38-26-8-6-7-24(29(26)39-31)19-11-21(34)14-23(13-19)44-10-9-42(4)5/h6-8,11-18,32,37,43H,9-10H2,1-5H3,(H,38,39)(H,40,41). The van der Waals surface area contributed by atoms with Crippen molar-refractivity contribution < 1.29 is 14.2 Å². The second-order valence-electron chi connectivity index (χ2n) is 12.2. The maximum atomic E-state index is 14.7. The van der Waals surface area contributed by atoms with Crippen LogP contribution in [0.25, 0.3) is 55.8 Å². The molecule has 0 aliphatic rings. The van der Waals surface area contributed by atoms with Crippen LogP contribution in [0, 0.1) is 11.2 Å². The van der Waals surface area contributed by atoms with E-state index in [2.05, 4.69) is 30.5 Å². The monoisotopic (exact) mass is 594 g/mol. The minimum Gasteiger partial charge on any atom is -0.492 e. The van der Waals surface area contributed by atoms with Crippen LogP contribution in [0.1, 0.15) is 20.8 Å². The van der Waals surface area contributed by atoms with Gasteiger partial charge < -0.3 is 25.0 Å². The van der Waals surface area contributed by atoms with E-state index in [1.807, 2.05) is 76.2 Å². The van der Waals surface area contributed by atoms with E-state index in [1.54, 1.807) is 18.6 Å². The highest BCUT2D eigenvalue weighted by Gasteiger charge is 2.22. The first kappa shape index (κ1) is 29.2. The van der Waals surface area contributed by atoms with Gasteiger partial charge in [-0.25, -0.2) is 9.37 Å². The average molecular weight is 595 g/mol. The molecule has 226 valence electrons. The number of anilines is 1. The Hall–Kier alpha value is -4.87. The Morgan fingerprint density at radius 3 is 2.66 bits per heavy atom. The Morgan fingerprint density at radius 2 is 1.86 bits per heavy atom. The molecule has 1 unspecified atom stereocenters. The quantitative estimate of drug-likeness (QED) is 0.148. The fourth-order valence-electron chi connectivity index (χ4n) is 4.81. The number of H-pyrrole nitrogens is 2. The molecule has 10 nitrogen and oxygen atoms in total. The fraction of sp³-hybridized carbons (Fsp3) is 0.273. The highest BCUT2D eigenvalue weighted by Crippen LogP contribution is 2.34. The van der Waals surface area contributed by atoms with Crippen LogP contribution in [0.15, 0.2) is 67.1 Å². The number of aromatic nitrogens is 6. The van der Waals surface area contributed by atoms with Crippen molar-refractivity contribution in [3.63, 3.8) is 0 Å². The van der Waals surface area contributed by atoms with Crippen LogP contribution in [0.2, 0.25) is 0 Å². The minimum atomic E-state index is -0.747. The van der Waals surface area contributed by atoms with Gasteiger partial charge in [-0.3, -0.25) is 15.1 Å². The van der Waals surface area contributed by atoms with E-state index in [9.17, 15) is 9.50 Å². The lowest BCUT2D eigenvalue weighted by molar-refractivity contribution is 0.0880. The topological polar surface area (TPSA) is 128 Å². The minimum absolute atomic E-state index is 0.345. The molecule has 0 fully saturated rings. The number of aliphatic hydroxyl groups is 1. The van der Waals surface area contributed by atoms with Crippen molar-refractivity contribution in [3.8, 4) is 39.7 Å². The van der Waals surface area contributed by atoms with E-state index in [4.69, 9.17) is 9.72 Å². The van der Waals surface area contributed by atoms with Gasteiger partial charge in [-0.2, -0.15) is 5.10 Å². The zero-order valence-electron chi connectivity index (χ0n) is 25.3. The summed E-state index contributed by atoms with van der Waals surface area (Å²) < 4.78 is 20.5. The summed E-state index contributed by atoms with van der Waals surface area (Å²) in [5.41, 5.74) is 6.13. The van der Waals surface area contributed by atoms with Crippen LogP contribution < -0.4 is 10.1 Å². The van der Waals surface area contributed by atoms with Crippen molar-refractivity contribution >= 4 is 27.6 Å². The molecule has 0 bridgehead atoms. The molecule has 4 N–H and O–H groups in total. The summed E-state index contributed by atoms with van der Waals surface area (Å²) in [6.45, 7) is 7.03. The molecule has 4 aromatic heterocycles. The number of halogens is 1. The maximum Gasteiger partial charge on any atom is 0.159 e. The van der Waals surface area contributed by atoms with Gasteiger partial charge in [0.25, 0.3) is 0 Å². The SMILES string of the molecule is CN(C)CCOc1cc(F)cc(-c2cccc3[nH]c(-c4n[nH]c5cnc(-c6cncc(NC(O)C(C)(C)C)c6)cc45)nc23)c1. The van der Waals surface area contributed by atoms with Gasteiger partial charge in [0.05, 0.1) is 40.3 Å². The van der Waals surface area contributed by atoms with Crippen molar-refractivity contribution in [2.24, 2.45) is 5.41 Å². The molecule has 2 aromatic carbocycles. The highest BCUT2D eigenvalue weighted by molar-refractivity contribution is 5.98. The van der Waals surface area contributed by atoms with Gasteiger partial charge in [-0.15, -0.1) is 0 Å².